The average Bonchev–Trinajstić information content (AvgIpc) is 2.16. The van der Waals surface area contributed by atoms with E-state index in [4.69, 9.17) is 23.2 Å². The van der Waals surface area contributed by atoms with Crippen molar-refractivity contribution in [2.24, 2.45) is 5.92 Å². The molecule has 0 radical (unpaired) electrons. The van der Waals surface area contributed by atoms with Gasteiger partial charge in [-0.25, -0.2) is 0 Å². The largest absolute Gasteiger partial charge is 0.259 e. The summed E-state index contributed by atoms with van der Waals surface area (Å²) in [5, 5.41) is 0.653. The molecule has 0 N–H and O–H groups in total. The van der Waals surface area contributed by atoms with Crippen LogP contribution in [-0.4, -0.2) is 4.98 Å². The third-order valence-electron chi connectivity index (χ3n) is 2.54. The predicted molar refractivity (Wildman–Crippen MR) is 62.1 cm³/mol. The third-order valence-corrected chi connectivity index (χ3v) is 3.04. The van der Waals surface area contributed by atoms with Crippen LogP contribution < -0.4 is 0 Å². The van der Waals surface area contributed by atoms with Crippen LogP contribution in [0.4, 0.5) is 0 Å². The molecule has 0 fully saturated rings. The second-order valence-electron chi connectivity index (χ2n) is 3.86. The van der Waals surface area contributed by atoms with Crippen LogP contribution in [-0.2, 0) is 5.88 Å². The van der Waals surface area contributed by atoms with Gasteiger partial charge in [-0.2, -0.15) is 0 Å². The highest BCUT2D eigenvalue weighted by Crippen LogP contribution is 2.27. The number of hydrogen-bond donors (Lipinski definition) is 0. The zero-order valence-electron chi connectivity index (χ0n) is 8.72. The Morgan fingerprint density at radius 3 is 2.50 bits per heavy atom. The van der Waals surface area contributed by atoms with Gasteiger partial charge in [-0.15, -0.1) is 11.6 Å². The van der Waals surface area contributed by atoms with Crippen LogP contribution in [0.1, 0.15) is 37.9 Å². The lowest BCUT2D eigenvalue weighted by Gasteiger charge is -2.17. The van der Waals surface area contributed by atoms with E-state index in [9.17, 15) is 0 Å². The zero-order chi connectivity index (χ0) is 10.7. The standard InChI is InChI=1S/C11H15Cl2N/c1-7(2)8(3)11-9(5-12)4-10(13)6-14-11/h4,6-8H,5H2,1-3H3/t8-/m0/s1. The second kappa shape index (κ2) is 4.99. The van der Waals surface area contributed by atoms with Crippen LogP contribution in [0.25, 0.3) is 0 Å². The molecule has 0 unspecified atom stereocenters. The van der Waals surface area contributed by atoms with E-state index in [0.29, 0.717) is 22.7 Å². The first kappa shape index (κ1) is 11.8. The van der Waals surface area contributed by atoms with Gasteiger partial charge in [0, 0.05) is 23.7 Å². The van der Waals surface area contributed by atoms with Gasteiger partial charge < -0.3 is 0 Å². The molecule has 14 heavy (non-hydrogen) atoms. The number of alkyl halides is 1. The van der Waals surface area contributed by atoms with Gasteiger partial charge in [0.05, 0.1) is 5.02 Å². The minimum absolute atomic E-state index is 0.418. The van der Waals surface area contributed by atoms with E-state index in [0.717, 1.165) is 11.3 Å². The summed E-state index contributed by atoms with van der Waals surface area (Å²) >= 11 is 11.7. The molecule has 1 aromatic heterocycles. The summed E-state index contributed by atoms with van der Waals surface area (Å²) in [4.78, 5) is 4.35. The van der Waals surface area contributed by atoms with E-state index in [1.165, 1.54) is 0 Å². The Morgan fingerprint density at radius 1 is 1.36 bits per heavy atom. The van der Waals surface area contributed by atoms with Crippen molar-refractivity contribution >= 4 is 23.2 Å². The monoisotopic (exact) mass is 231 g/mol. The Morgan fingerprint density at radius 2 is 2.00 bits per heavy atom. The SMILES string of the molecule is CC(C)[C@H](C)c1ncc(Cl)cc1CCl. The molecule has 1 rings (SSSR count). The van der Waals surface area contributed by atoms with Crippen LogP contribution in [0.3, 0.4) is 0 Å². The molecule has 0 aliphatic rings. The quantitative estimate of drug-likeness (QED) is 0.710. The van der Waals surface area contributed by atoms with Gasteiger partial charge in [-0.05, 0) is 17.5 Å². The molecule has 0 aliphatic carbocycles. The summed E-state index contributed by atoms with van der Waals surface area (Å²) in [7, 11) is 0. The Kier molecular flexibility index (Phi) is 4.21. The molecule has 0 spiro atoms. The van der Waals surface area contributed by atoms with Gasteiger partial charge in [0.2, 0.25) is 0 Å². The van der Waals surface area contributed by atoms with Gasteiger partial charge in [-0.3, -0.25) is 4.98 Å². The molecule has 1 aromatic rings. The number of nitrogens with zero attached hydrogens (tertiary/aromatic N) is 1. The summed E-state index contributed by atoms with van der Waals surface area (Å²) in [5.74, 6) is 1.45. The normalized spacial score (nSPS) is 13.3. The molecular weight excluding hydrogens is 217 g/mol. The predicted octanol–water partition coefficient (Wildman–Crippen LogP) is 4.23. The fourth-order valence-corrected chi connectivity index (χ4v) is 1.72. The number of aromatic nitrogens is 1. The lowest BCUT2D eigenvalue weighted by molar-refractivity contribution is 0.521. The molecule has 0 saturated heterocycles. The summed E-state index contributed by atoms with van der Waals surface area (Å²) in [6, 6.07) is 1.90. The van der Waals surface area contributed by atoms with Crippen molar-refractivity contribution in [2.75, 3.05) is 0 Å². The van der Waals surface area contributed by atoms with Crippen molar-refractivity contribution in [1.29, 1.82) is 0 Å². The molecule has 0 aromatic carbocycles. The fraction of sp³-hybridized carbons (Fsp3) is 0.545. The molecule has 0 bridgehead atoms. The van der Waals surface area contributed by atoms with Crippen LogP contribution in [0.5, 0.6) is 0 Å². The molecule has 1 atom stereocenters. The first-order valence-corrected chi connectivity index (χ1v) is 5.67. The van der Waals surface area contributed by atoms with E-state index in [1.54, 1.807) is 6.20 Å². The van der Waals surface area contributed by atoms with Gasteiger partial charge in [0.1, 0.15) is 0 Å². The molecule has 3 heteroatoms. The average molecular weight is 232 g/mol. The van der Waals surface area contributed by atoms with E-state index < -0.39 is 0 Å². The van der Waals surface area contributed by atoms with E-state index in [-0.39, 0.29) is 0 Å². The molecular formula is C11H15Cl2N. The Hall–Kier alpha value is -0.270. The van der Waals surface area contributed by atoms with Gasteiger partial charge in [0.25, 0.3) is 0 Å². The third kappa shape index (κ3) is 2.61. The lowest BCUT2D eigenvalue weighted by Crippen LogP contribution is -2.07. The Balaban J connectivity index is 3.07. The molecule has 1 nitrogen and oxygen atoms in total. The molecule has 1 heterocycles. The molecule has 0 amide bonds. The second-order valence-corrected chi connectivity index (χ2v) is 4.57. The molecule has 0 saturated carbocycles. The maximum atomic E-state index is 5.86. The number of pyridine rings is 1. The van der Waals surface area contributed by atoms with E-state index in [1.807, 2.05) is 6.07 Å². The van der Waals surface area contributed by atoms with E-state index in [2.05, 4.69) is 25.8 Å². The van der Waals surface area contributed by atoms with Crippen molar-refractivity contribution in [3.8, 4) is 0 Å². The smallest absolute Gasteiger partial charge is 0.0592 e. The Bertz CT molecular complexity index is 310. The summed E-state index contributed by atoms with van der Waals surface area (Å²) < 4.78 is 0. The zero-order valence-corrected chi connectivity index (χ0v) is 10.2. The van der Waals surface area contributed by atoms with Crippen LogP contribution in [0.15, 0.2) is 12.3 Å². The molecule has 0 aliphatic heterocycles. The summed E-state index contributed by atoms with van der Waals surface area (Å²) in [6.45, 7) is 6.52. The first-order chi connectivity index (χ1) is 6.56. The number of hydrogen-bond acceptors (Lipinski definition) is 1. The maximum Gasteiger partial charge on any atom is 0.0592 e. The van der Waals surface area contributed by atoms with Crippen molar-refractivity contribution in [3.05, 3.63) is 28.5 Å². The molecule has 78 valence electrons. The maximum absolute atomic E-state index is 5.86. The van der Waals surface area contributed by atoms with Gasteiger partial charge >= 0.3 is 0 Å². The fourth-order valence-electron chi connectivity index (χ4n) is 1.32. The minimum Gasteiger partial charge on any atom is -0.259 e. The van der Waals surface area contributed by atoms with Crippen LogP contribution in [0, 0.1) is 5.92 Å². The van der Waals surface area contributed by atoms with Gasteiger partial charge in [-0.1, -0.05) is 32.4 Å². The van der Waals surface area contributed by atoms with Crippen LogP contribution >= 0.6 is 23.2 Å². The van der Waals surface area contributed by atoms with Crippen LogP contribution in [0.2, 0.25) is 5.02 Å². The van der Waals surface area contributed by atoms with Crippen molar-refractivity contribution in [2.45, 2.75) is 32.6 Å². The number of halogens is 2. The van der Waals surface area contributed by atoms with E-state index >= 15 is 0 Å². The summed E-state index contributed by atoms with van der Waals surface area (Å²) in [5.41, 5.74) is 2.11. The highest BCUT2D eigenvalue weighted by atomic mass is 35.5. The van der Waals surface area contributed by atoms with Gasteiger partial charge in [0.15, 0.2) is 0 Å². The van der Waals surface area contributed by atoms with Crippen molar-refractivity contribution in [1.82, 2.24) is 4.98 Å². The lowest BCUT2D eigenvalue weighted by atomic mass is 9.92. The van der Waals surface area contributed by atoms with Crippen molar-refractivity contribution in [3.63, 3.8) is 0 Å². The summed E-state index contributed by atoms with van der Waals surface area (Å²) in [6.07, 6.45) is 1.69. The number of rotatable bonds is 3. The highest BCUT2D eigenvalue weighted by molar-refractivity contribution is 6.30. The van der Waals surface area contributed by atoms with Crippen molar-refractivity contribution < 1.29 is 0 Å². The topological polar surface area (TPSA) is 12.9 Å². The highest BCUT2D eigenvalue weighted by Gasteiger charge is 2.15. The Labute approximate surface area is 95.4 Å². The minimum atomic E-state index is 0.418. The first-order valence-electron chi connectivity index (χ1n) is 4.76.